The van der Waals surface area contributed by atoms with Gasteiger partial charge in [0, 0.05) is 6.61 Å². The summed E-state index contributed by atoms with van der Waals surface area (Å²) in [5, 5.41) is 19.4. The molecule has 80 valence electrons. The van der Waals surface area contributed by atoms with Crippen LogP contribution in [-0.4, -0.2) is 22.9 Å². The summed E-state index contributed by atoms with van der Waals surface area (Å²) in [7, 11) is 0. The average molecular weight is 196 g/mol. The quantitative estimate of drug-likeness (QED) is 0.703. The molecule has 4 aliphatic carbocycles. The first kappa shape index (κ1) is 9.17. The molecule has 0 aromatic carbocycles. The maximum Gasteiger partial charge on any atom is 0.0625 e. The molecule has 0 aliphatic heterocycles. The van der Waals surface area contributed by atoms with Crippen LogP contribution in [0.4, 0.5) is 0 Å². The molecule has 2 unspecified atom stereocenters. The lowest BCUT2D eigenvalue weighted by Crippen LogP contribution is -2.56. The first-order valence-corrected chi connectivity index (χ1v) is 6.02. The molecular formula is C12H20O2. The van der Waals surface area contributed by atoms with Crippen molar-refractivity contribution < 1.29 is 10.2 Å². The largest absolute Gasteiger partial charge is 0.396 e. The van der Waals surface area contributed by atoms with Crippen LogP contribution in [-0.2, 0) is 0 Å². The molecule has 4 fully saturated rings. The lowest BCUT2D eigenvalue weighted by Gasteiger charge is -2.59. The van der Waals surface area contributed by atoms with E-state index in [2.05, 4.69) is 0 Å². The van der Waals surface area contributed by atoms with Gasteiger partial charge in [-0.15, -0.1) is 0 Å². The minimum absolute atomic E-state index is 0.109. The Morgan fingerprint density at radius 3 is 2.29 bits per heavy atom. The van der Waals surface area contributed by atoms with Gasteiger partial charge in [0.25, 0.3) is 0 Å². The molecular weight excluding hydrogens is 176 g/mol. The van der Waals surface area contributed by atoms with Crippen LogP contribution in [0.5, 0.6) is 0 Å². The van der Waals surface area contributed by atoms with Crippen molar-refractivity contribution in [3.8, 4) is 0 Å². The van der Waals surface area contributed by atoms with Crippen LogP contribution in [0.25, 0.3) is 0 Å². The fourth-order valence-corrected chi connectivity index (χ4v) is 4.76. The van der Waals surface area contributed by atoms with Crippen LogP contribution >= 0.6 is 0 Å². The molecule has 2 heteroatoms. The minimum atomic E-state index is -0.109. The number of aliphatic hydroxyl groups is 2. The molecule has 0 saturated heterocycles. The lowest BCUT2D eigenvalue weighted by molar-refractivity contribution is -0.161. The summed E-state index contributed by atoms with van der Waals surface area (Å²) in [6.07, 6.45) is 7.00. The molecule has 4 rings (SSSR count). The van der Waals surface area contributed by atoms with E-state index >= 15 is 0 Å². The first-order valence-electron chi connectivity index (χ1n) is 6.02. The highest BCUT2D eigenvalue weighted by atomic mass is 16.3. The summed E-state index contributed by atoms with van der Waals surface area (Å²) >= 11 is 0. The highest BCUT2D eigenvalue weighted by molar-refractivity contribution is 5.06. The van der Waals surface area contributed by atoms with Gasteiger partial charge >= 0.3 is 0 Å². The highest BCUT2D eigenvalue weighted by Crippen LogP contribution is 2.61. The highest BCUT2D eigenvalue weighted by Gasteiger charge is 2.55. The Balaban J connectivity index is 1.89. The summed E-state index contributed by atoms with van der Waals surface area (Å²) < 4.78 is 0. The molecule has 2 nitrogen and oxygen atoms in total. The number of rotatable bonds is 2. The summed E-state index contributed by atoms with van der Waals surface area (Å²) in [6.45, 7) is 0.253. The fraction of sp³-hybridized carbons (Fsp3) is 1.00. The Labute approximate surface area is 85.3 Å². The van der Waals surface area contributed by atoms with Crippen LogP contribution < -0.4 is 0 Å². The summed E-state index contributed by atoms with van der Waals surface area (Å²) in [4.78, 5) is 0. The SMILES string of the molecule is OCCC12C[C@@H]3CC(C[C@@H](C3)C1)[C@@H]2O. The Morgan fingerprint density at radius 2 is 1.71 bits per heavy atom. The van der Waals surface area contributed by atoms with E-state index < -0.39 is 0 Å². The van der Waals surface area contributed by atoms with Gasteiger partial charge in [0.05, 0.1) is 6.10 Å². The van der Waals surface area contributed by atoms with Gasteiger partial charge in [0.2, 0.25) is 0 Å². The van der Waals surface area contributed by atoms with Crippen LogP contribution in [0.15, 0.2) is 0 Å². The molecule has 0 aromatic heterocycles. The Hall–Kier alpha value is -0.0800. The van der Waals surface area contributed by atoms with Gasteiger partial charge in [-0.1, -0.05) is 0 Å². The molecule has 4 saturated carbocycles. The van der Waals surface area contributed by atoms with E-state index in [0.717, 1.165) is 18.3 Å². The lowest BCUT2D eigenvalue weighted by atomic mass is 9.47. The van der Waals surface area contributed by atoms with Crippen LogP contribution in [0.1, 0.15) is 38.5 Å². The second kappa shape index (κ2) is 2.96. The van der Waals surface area contributed by atoms with E-state index in [1.165, 1.54) is 32.1 Å². The molecule has 14 heavy (non-hydrogen) atoms. The second-order valence-corrected chi connectivity index (χ2v) is 5.89. The van der Waals surface area contributed by atoms with Crippen molar-refractivity contribution in [1.82, 2.24) is 0 Å². The summed E-state index contributed by atoms with van der Waals surface area (Å²) in [5.41, 5.74) is 0.115. The molecule has 0 heterocycles. The molecule has 0 amide bonds. The van der Waals surface area contributed by atoms with Gasteiger partial charge < -0.3 is 10.2 Å². The zero-order valence-corrected chi connectivity index (χ0v) is 8.65. The molecule has 0 spiro atoms. The Morgan fingerprint density at radius 1 is 1.07 bits per heavy atom. The van der Waals surface area contributed by atoms with Crippen LogP contribution in [0, 0.1) is 23.2 Å². The van der Waals surface area contributed by atoms with Crippen molar-refractivity contribution in [2.24, 2.45) is 23.2 Å². The van der Waals surface area contributed by atoms with Gasteiger partial charge in [-0.25, -0.2) is 0 Å². The monoisotopic (exact) mass is 196 g/mol. The predicted molar refractivity (Wildman–Crippen MR) is 53.7 cm³/mol. The maximum atomic E-state index is 10.3. The third-order valence-corrected chi connectivity index (χ3v) is 5.01. The molecule has 0 aromatic rings. The van der Waals surface area contributed by atoms with Crippen molar-refractivity contribution in [3.05, 3.63) is 0 Å². The van der Waals surface area contributed by atoms with Gasteiger partial charge in [0.1, 0.15) is 0 Å². The zero-order chi connectivity index (χ0) is 9.76. The molecule has 2 N–H and O–H groups in total. The average Bonchev–Trinajstić information content (AvgIpc) is 2.13. The van der Waals surface area contributed by atoms with E-state index in [0.29, 0.717) is 5.92 Å². The molecule has 5 atom stereocenters. The third-order valence-electron chi connectivity index (χ3n) is 5.01. The van der Waals surface area contributed by atoms with Gasteiger partial charge in [0.15, 0.2) is 0 Å². The van der Waals surface area contributed by atoms with Crippen molar-refractivity contribution in [3.63, 3.8) is 0 Å². The first-order chi connectivity index (χ1) is 6.73. The van der Waals surface area contributed by atoms with E-state index in [1.807, 2.05) is 0 Å². The smallest absolute Gasteiger partial charge is 0.0625 e. The number of hydrogen-bond acceptors (Lipinski definition) is 2. The standard InChI is InChI=1S/C12H20O2/c13-2-1-12-6-8-3-9(7-12)5-10(4-8)11(12)14/h8-11,13-14H,1-7H2/t8-,9+,10?,11-,12?/m0/s1. The van der Waals surface area contributed by atoms with Gasteiger partial charge in [-0.05, 0) is 61.7 Å². The van der Waals surface area contributed by atoms with Crippen molar-refractivity contribution in [2.45, 2.75) is 44.6 Å². The number of hydrogen-bond donors (Lipinski definition) is 2. The van der Waals surface area contributed by atoms with E-state index in [9.17, 15) is 5.11 Å². The van der Waals surface area contributed by atoms with E-state index in [1.54, 1.807) is 0 Å². The Bertz CT molecular complexity index is 224. The van der Waals surface area contributed by atoms with Gasteiger partial charge in [-0.3, -0.25) is 0 Å². The maximum absolute atomic E-state index is 10.3. The molecule has 4 aliphatic rings. The van der Waals surface area contributed by atoms with E-state index in [-0.39, 0.29) is 18.1 Å². The fourth-order valence-electron chi connectivity index (χ4n) is 4.76. The van der Waals surface area contributed by atoms with Crippen molar-refractivity contribution in [2.75, 3.05) is 6.61 Å². The normalized spacial score (nSPS) is 55.3. The Kier molecular flexibility index (Phi) is 1.94. The topological polar surface area (TPSA) is 40.5 Å². The van der Waals surface area contributed by atoms with Crippen LogP contribution in [0.3, 0.4) is 0 Å². The van der Waals surface area contributed by atoms with Crippen molar-refractivity contribution in [1.29, 1.82) is 0 Å². The van der Waals surface area contributed by atoms with E-state index in [4.69, 9.17) is 5.11 Å². The summed E-state index contributed by atoms with van der Waals surface area (Å²) in [6, 6.07) is 0. The van der Waals surface area contributed by atoms with Gasteiger partial charge in [-0.2, -0.15) is 0 Å². The van der Waals surface area contributed by atoms with Crippen molar-refractivity contribution >= 4 is 0 Å². The number of aliphatic hydroxyl groups excluding tert-OH is 2. The predicted octanol–water partition coefficient (Wildman–Crippen LogP) is 1.56. The zero-order valence-electron chi connectivity index (χ0n) is 8.65. The molecule has 0 radical (unpaired) electrons. The second-order valence-electron chi connectivity index (χ2n) is 5.89. The third kappa shape index (κ3) is 1.10. The molecule has 4 bridgehead atoms. The van der Waals surface area contributed by atoms with Crippen LogP contribution in [0.2, 0.25) is 0 Å². The summed E-state index contributed by atoms with van der Waals surface area (Å²) in [5.74, 6) is 2.29. The minimum Gasteiger partial charge on any atom is -0.396 e.